The Kier molecular flexibility index (Phi) is 6.21. The average Bonchev–Trinajstić information content (AvgIpc) is 3.11. The highest BCUT2D eigenvalue weighted by atomic mass is 35.5. The second-order valence-corrected chi connectivity index (χ2v) is 6.39. The number of amides is 1. The Bertz CT molecular complexity index is 548. The Hall–Kier alpha value is -0.680. The van der Waals surface area contributed by atoms with Gasteiger partial charge in [-0.2, -0.15) is 0 Å². The summed E-state index contributed by atoms with van der Waals surface area (Å²) >= 11 is 12.1. The van der Waals surface area contributed by atoms with Gasteiger partial charge >= 0.3 is 0 Å². The number of nitrogens with one attached hydrogen (secondary N) is 2. The van der Waals surface area contributed by atoms with Crippen molar-refractivity contribution in [3.05, 3.63) is 27.7 Å². The number of ether oxygens (including phenoxy) is 1. The molecule has 1 saturated heterocycles. The summed E-state index contributed by atoms with van der Waals surface area (Å²) in [7, 11) is 0. The van der Waals surface area contributed by atoms with Gasteiger partial charge in [0.1, 0.15) is 17.4 Å². The fraction of sp³-hybridized carbons (Fsp3) is 0.533. The minimum Gasteiger partial charge on any atom is -0.489 e. The van der Waals surface area contributed by atoms with Gasteiger partial charge in [0.25, 0.3) is 0 Å². The van der Waals surface area contributed by atoms with E-state index >= 15 is 0 Å². The van der Waals surface area contributed by atoms with Crippen molar-refractivity contribution >= 4 is 41.5 Å². The van der Waals surface area contributed by atoms with Crippen LogP contribution in [0.5, 0.6) is 5.75 Å². The Morgan fingerprint density at radius 3 is 2.95 bits per heavy atom. The average molecular weight is 366 g/mol. The van der Waals surface area contributed by atoms with Gasteiger partial charge in [0.05, 0.1) is 11.1 Å². The predicted octanol–water partition coefficient (Wildman–Crippen LogP) is 3.35. The molecule has 1 aromatic carbocycles. The molecule has 1 fully saturated rings. The van der Waals surface area contributed by atoms with Crippen LogP contribution in [-0.4, -0.2) is 25.6 Å². The van der Waals surface area contributed by atoms with Gasteiger partial charge in [0, 0.05) is 12.0 Å². The van der Waals surface area contributed by atoms with E-state index in [4.69, 9.17) is 27.9 Å². The van der Waals surface area contributed by atoms with Crippen molar-refractivity contribution < 1.29 is 9.53 Å². The molecule has 0 radical (unpaired) electrons. The molecular weight excluding hydrogens is 347 g/mol. The molecule has 122 valence electrons. The lowest BCUT2D eigenvalue weighted by Crippen LogP contribution is -2.29. The van der Waals surface area contributed by atoms with E-state index in [9.17, 15) is 4.79 Å². The van der Waals surface area contributed by atoms with Crippen LogP contribution in [0, 0.1) is 5.92 Å². The van der Waals surface area contributed by atoms with E-state index < -0.39 is 0 Å². The molecule has 0 saturated carbocycles. The molecule has 4 nitrogen and oxygen atoms in total. The number of hydrogen-bond acceptors (Lipinski definition) is 3. The van der Waals surface area contributed by atoms with Crippen molar-refractivity contribution in [2.45, 2.75) is 25.3 Å². The zero-order valence-electron chi connectivity index (χ0n) is 12.0. The molecule has 2 aliphatic heterocycles. The molecule has 7 heteroatoms. The maximum atomic E-state index is 12.1. The zero-order chi connectivity index (χ0) is 14.8. The van der Waals surface area contributed by atoms with Gasteiger partial charge in [-0.3, -0.25) is 4.79 Å². The minimum atomic E-state index is -0.135. The number of benzene rings is 1. The summed E-state index contributed by atoms with van der Waals surface area (Å²) in [5.41, 5.74) is 0.903. The van der Waals surface area contributed by atoms with Gasteiger partial charge in [0.2, 0.25) is 5.91 Å². The van der Waals surface area contributed by atoms with Crippen molar-refractivity contribution in [1.82, 2.24) is 10.6 Å². The summed E-state index contributed by atoms with van der Waals surface area (Å²) in [5, 5.41) is 7.22. The Morgan fingerprint density at radius 2 is 2.23 bits per heavy atom. The molecule has 1 aromatic rings. The molecule has 0 bridgehead atoms. The molecule has 3 rings (SSSR count). The topological polar surface area (TPSA) is 50.4 Å². The molecule has 2 atom stereocenters. The lowest BCUT2D eigenvalue weighted by molar-refractivity contribution is -0.122. The van der Waals surface area contributed by atoms with Crippen molar-refractivity contribution in [3.8, 4) is 5.75 Å². The molecular formula is C15H19Cl3N2O2. The molecule has 0 aromatic heterocycles. The third-order valence-electron chi connectivity index (χ3n) is 4.13. The van der Waals surface area contributed by atoms with Gasteiger partial charge in [-0.15, -0.1) is 12.4 Å². The predicted molar refractivity (Wildman–Crippen MR) is 90.3 cm³/mol. The molecule has 0 aliphatic carbocycles. The van der Waals surface area contributed by atoms with Crippen LogP contribution in [-0.2, 0) is 4.79 Å². The number of halogens is 3. The highest BCUT2D eigenvalue weighted by Gasteiger charge is 2.28. The summed E-state index contributed by atoms with van der Waals surface area (Å²) in [6, 6.07) is 3.47. The Morgan fingerprint density at radius 1 is 1.41 bits per heavy atom. The van der Waals surface area contributed by atoms with Crippen LogP contribution in [0.2, 0.25) is 10.0 Å². The lowest BCUT2D eigenvalue weighted by atomic mass is 10.0. The van der Waals surface area contributed by atoms with Gasteiger partial charge in [-0.05, 0) is 37.9 Å². The molecule has 22 heavy (non-hydrogen) atoms. The monoisotopic (exact) mass is 364 g/mol. The summed E-state index contributed by atoms with van der Waals surface area (Å²) in [6.45, 7) is 2.50. The van der Waals surface area contributed by atoms with Crippen molar-refractivity contribution in [2.75, 3.05) is 19.7 Å². The van der Waals surface area contributed by atoms with Crippen LogP contribution < -0.4 is 15.4 Å². The number of hydrogen-bond donors (Lipinski definition) is 2. The first kappa shape index (κ1) is 17.7. The van der Waals surface area contributed by atoms with E-state index in [-0.39, 0.29) is 24.4 Å². The van der Waals surface area contributed by atoms with Crippen LogP contribution in [0.15, 0.2) is 12.1 Å². The first-order chi connectivity index (χ1) is 10.1. The normalized spacial score (nSPS) is 22.6. The molecule has 2 heterocycles. The molecule has 0 spiro atoms. The quantitative estimate of drug-likeness (QED) is 0.860. The van der Waals surface area contributed by atoms with Crippen LogP contribution >= 0.6 is 35.6 Å². The third kappa shape index (κ3) is 3.80. The minimum absolute atomic E-state index is 0. The lowest BCUT2D eigenvalue weighted by Gasteiger charge is -2.13. The highest BCUT2D eigenvalue weighted by molar-refractivity contribution is 6.43. The second-order valence-electron chi connectivity index (χ2n) is 5.61. The number of carbonyl (C=O) groups is 1. The van der Waals surface area contributed by atoms with E-state index in [2.05, 4.69) is 10.6 Å². The maximum Gasteiger partial charge on any atom is 0.220 e. The van der Waals surface area contributed by atoms with Crippen LogP contribution in [0.3, 0.4) is 0 Å². The smallest absolute Gasteiger partial charge is 0.220 e. The summed E-state index contributed by atoms with van der Waals surface area (Å²) in [4.78, 5) is 12.1. The number of fused-ring (bicyclic) bond motifs is 1. The fourth-order valence-corrected chi connectivity index (χ4v) is 3.28. The molecule has 2 unspecified atom stereocenters. The van der Waals surface area contributed by atoms with Gasteiger partial charge in [-0.25, -0.2) is 0 Å². The first-order valence-corrected chi connectivity index (χ1v) is 8.01. The summed E-state index contributed by atoms with van der Waals surface area (Å²) in [6.07, 6.45) is 2.65. The van der Waals surface area contributed by atoms with Crippen molar-refractivity contribution in [2.24, 2.45) is 5.92 Å². The molecule has 2 N–H and O–H groups in total. The van der Waals surface area contributed by atoms with Crippen molar-refractivity contribution in [1.29, 1.82) is 0 Å². The van der Waals surface area contributed by atoms with Crippen LogP contribution in [0.4, 0.5) is 0 Å². The third-order valence-corrected chi connectivity index (χ3v) is 4.91. The van der Waals surface area contributed by atoms with E-state index in [0.717, 1.165) is 31.5 Å². The van der Waals surface area contributed by atoms with Crippen LogP contribution in [0.1, 0.15) is 30.9 Å². The van der Waals surface area contributed by atoms with E-state index in [0.29, 0.717) is 34.7 Å². The van der Waals surface area contributed by atoms with Crippen LogP contribution in [0.25, 0.3) is 0 Å². The first-order valence-electron chi connectivity index (χ1n) is 7.26. The van der Waals surface area contributed by atoms with Gasteiger partial charge in [-0.1, -0.05) is 29.3 Å². The maximum absolute atomic E-state index is 12.1. The molecule has 1 amide bonds. The van der Waals surface area contributed by atoms with E-state index in [1.165, 1.54) is 0 Å². The summed E-state index contributed by atoms with van der Waals surface area (Å²) < 4.78 is 5.56. The van der Waals surface area contributed by atoms with Gasteiger partial charge < -0.3 is 15.4 Å². The largest absolute Gasteiger partial charge is 0.489 e. The Balaban J connectivity index is 0.00000176. The second kappa shape index (κ2) is 7.73. The molecule has 2 aliphatic rings. The highest BCUT2D eigenvalue weighted by Crippen LogP contribution is 2.42. The zero-order valence-corrected chi connectivity index (χ0v) is 14.4. The number of carbonyl (C=O) groups excluding carboxylic acids is 1. The van der Waals surface area contributed by atoms with Gasteiger partial charge in [0.15, 0.2) is 0 Å². The Labute approximate surface area is 146 Å². The SMILES string of the molecule is Cl.O=C(CCC1CCNC1)NC1COc2c1ccc(Cl)c2Cl. The van der Waals surface area contributed by atoms with E-state index in [1.807, 2.05) is 6.07 Å². The summed E-state index contributed by atoms with van der Waals surface area (Å²) in [5.74, 6) is 1.28. The fourth-order valence-electron chi connectivity index (χ4n) is 2.91. The number of rotatable bonds is 4. The van der Waals surface area contributed by atoms with E-state index in [1.54, 1.807) is 6.07 Å². The van der Waals surface area contributed by atoms with Crippen molar-refractivity contribution in [3.63, 3.8) is 0 Å². The standard InChI is InChI=1S/C15H18Cl2N2O2.ClH/c16-11-3-2-10-12(8-21-15(10)14(11)17)19-13(20)4-1-9-5-6-18-7-9;/h2-3,9,12,18H,1,4-8H2,(H,19,20);1H.